The fourth-order valence-corrected chi connectivity index (χ4v) is 1.29. The highest BCUT2D eigenvalue weighted by Gasteiger charge is 2.04. The molecule has 0 saturated carbocycles. The molecule has 1 aromatic rings. The minimum Gasteiger partial charge on any atom is -0.465 e. The lowest BCUT2D eigenvalue weighted by Gasteiger charge is -2.01. The van der Waals surface area contributed by atoms with E-state index in [0.717, 1.165) is 5.56 Å². The summed E-state index contributed by atoms with van der Waals surface area (Å²) in [6, 6.07) is 7.03. The highest BCUT2D eigenvalue weighted by Crippen LogP contribution is 2.08. The van der Waals surface area contributed by atoms with E-state index in [0.29, 0.717) is 18.4 Å². The van der Waals surface area contributed by atoms with Gasteiger partial charge >= 0.3 is 5.97 Å². The SMILES string of the molecule is C=CC(=O)CCc1ccc(C(=O)OC)cc1. The zero-order valence-electron chi connectivity index (χ0n) is 9.23. The highest BCUT2D eigenvalue weighted by atomic mass is 16.5. The second kappa shape index (κ2) is 5.85. The Morgan fingerprint density at radius 1 is 1.31 bits per heavy atom. The molecule has 3 heteroatoms. The van der Waals surface area contributed by atoms with Gasteiger partial charge in [-0.15, -0.1) is 0 Å². The van der Waals surface area contributed by atoms with Gasteiger partial charge in [0.1, 0.15) is 0 Å². The standard InChI is InChI=1S/C13H14O3/c1-3-12(14)9-6-10-4-7-11(8-5-10)13(15)16-2/h3-5,7-8H,1,6,9H2,2H3. The summed E-state index contributed by atoms with van der Waals surface area (Å²) in [5, 5.41) is 0. The number of benzene rings is 1. The minimum absolute atomic E-state index is 0.0250. The number of hydrogen-bond acceptors (Lipinski definition) is 3. The molecule has 3 nitrogen and oxygen atoms in total. The molecule has 0 atom stereocenters. The number of ketones is 1. The number of ether oxygens (including phenoxy) is 1. The Kier molecular flexibility index (Phi) is 4.45. The van der Waals surface area contributed by atoms with E-state index in [1.165, 1.54) is 13.2 Å². The summed E-state index contributed by atoms with van der Waals surface area (Å²) in [6.07, 6.45) is 2.43. The van der Waals surface area contributed by atoms with Crippen LogP contribution in [0.3, 0.4) is 0 Å². The fourth-order valence-electron chi connectivity index (χ4n) is 1.29. The van der Waals surface area contributed by atoms with E-state index < -0.39 is 0 Å². The van der Waals surface area contributed by atoms with E-state index in [1.807, 2.05) is 12.1 Å². The zero-order valence-corrected chi connectivity index (χ0v) is 9.23. The zero-order chi connectivity index (χ0) is 12.0. The molecule has 0 unspecified atom stereocenters. The molecule has 1 rings (SSSR count). The molecule has 0 bridgehead atoms. The first-order valence-corrected chi connectivity index (χ1v) is 5.00. The van der Waals surface area contributed by atoms with Gasteiger partial charge in [0, 0.05) is 6.42 Å². The number of rotatable bonds is 5. The topological polar surface area (TPSA) is 43.4 Å². The van der Waals surface area contributed by atoms with Crippen LogP contribution in [0.2, 0.25) is 0 Å². The number of esters is 1. The maximum atomic E-state index is 11.1. The average molecular weight is 218 g/mol. The van der Waals surface area contributed by atoms with Crippen molar-refractivity contribution in [2.24, 2.45) is 0 Å². The molecule has 0 spiro atoms. The second-order valence-corrected chi connectivity index (χ2v) is 3.36. The summed E-state index contributed by atoms with van der Waals surface area (Å²) in [5.41, 5.74) is 1.53. The molecule has 0 aliphatic heterocycles. The van der Waals surface area contributed by atoms with Gasteiger partial charge in [0.25, 0.3) is 0 Å². The van der Waals surface area contributed by atoms with Crippen molar-refractivity contribution in [3.05, 3.63) is 48.0 Å². The van der Waals surface area contributed by atoms with Crippen LogP contribution in [-0.2, 0) is 16.0 Å². The van der Waals surface area contributed by atoms with Crippen LogP contribution in [0.1, 0.15) is 22.3 Å². The van der Waals surface area contributed by atoms with E-state index in [2.05, 4.69) is 11.3 Å². The number of methoxy groups -OCH3 is 1. The lowest BCUT2D eigenvalue weighted by Crippen LogP contribution is -2.01. The number of carbonyl (C=O) groups excluding carboxylic acids is 2. The van der Waals surface area contributed by atoms with Gasteiger partial charge in [0.05, 0.1) is 12.7 Å². The van der Waals surface area contributed by atoms with Gasteiger partial charge in [-0.2, -0.15) is 0 Å². The largest absolute Gasteiger partial charge is 0.465 e. The Hall–Kier alpha value is -1.90. The van der Waals surface area contributed by atoms with Crippen LogP contribution < -0.4 is 0 Å². The molecule has 0 fully saturated rings. The Morgan fingerprint density at radius 2 is 1.94 bits per heavy atom. The second-order valence-electron chi connectivity index (χ2n) is 3.36. The third-order valence-corrected chi connectivity index (χ3v) is 2.26. The Balaban J connectivity index is 2.61. The lowest BCUT2D eigenvalue weighted by molar-refractivity contribution is -0.114. The number of allylic oxidation sites excluding steroid dienone is 1. The first kappa shape index (κ1) is 12.2. The fraction of sp³-hybridized carbons (Fsp3) is 0.231. The molecule has 0 amide bonds. The van der Waals surface area contributed by atoms with Crippen LogP contribution >= 0.6 is 0 Å². The van der Waals surface area contributed by atoms with E-state index in [4.69, 9.17) is 0 Å². The molecule has 84 valence electrons. The molecular weight excluding hydrogens is 204 g/mol. The molecule has 0 saturated heterocycles. The van der Waals surface area contributed by atoms with E-state index in [-0.39, 0.29) is 11.8 Å². The van der Waals surface area contributed by atoms with Gasteiger partial charge in [0.15, 0.2) is 5.78 Å². The average Bonchev–Trinajstić information content (AvgIpc) is 2.35. The summed E-state index contributed by atoms with van der Waals surface area (Å²) in [7, 11) is 1.35. The molecule has 0 aliphatic carbocycles. The van der Waals surface area contributed by atoms with Crippen molar-refractivity contribution < 1.29 is 14.3 Å². The van der Waals surface area contributed by atoms with Crippen molar-refractivity contribution in [3.8, 4) is 0 Å². The maximum absolute atomic E-state index is 11.1. The summed E-state index contributed by atoms with van der Waals surface area (Å²) in [5.74, 6) is -0.328. The monoisotopic (exact) mass is 218 g/mol. The Labute approximate surface area is 94.7 Å². The molecule has 0 heterocycles. The Morgan fingerprint density at radius 3 is 2.44 bits per heavy atom. The normalized spacial score (nSPS) is 9.56. The molecule has 1 aromatic carbocycles. The van der Waals surface area contributed by atoms with Crippen LogP contribution in [0.4, 0.5) is 0 Å². The van der Waals surface area contributed by atoms with Gasteiger partial charge in [-0.25, -0.2) is 4.79 Å². The first-order valence-electron chi connectivity index (χ1n) is 5.00. The summed E-state index contributed by atoms with van der Waals surface area (Å²) in [4.78, 5) is 22.2. The molecule has 0 N–H and O–H groups in total. The van der Waals surface area contributed by atoms with E-state index in [1.54, 1.807) is 12.1 Å². The van der Waals surface area contributed by atoms with E-state index in [9.17, 15) is 9.59 Å². The van der Waals surface area contributed by atoms with Gasteiger partial charge in [-0.3, -0.25) is 4.79 Å². The van der Waals surface area contributed by atoms with Crippen LogP contribution in [0.15, 0.2) is 36.9 Å². The summed E-state index contributed by atoms with van der Waals surface area (Å²) >= 11 is 0. The van der Waals surface area contributed by atoms with Crippen LogP contribution in [0, 0.1) is 0 Å². The van der Waals surface area contributed by atoms with Crippen LogP contribution in [0.25, 0.3) is 0 Å². The van der Waals surface area contributed by atoms with Crippen LogP contribution in [0.5, 0.6) is 0 Å². The Bertz CT molecular complexity index is 390. The van der Waals surface area contributed by atoms with Crippen molar-refractivity contribution >= 4 is 11.8 Å². The van der Waals surface area contributed by atoms with Gasteiger partial charge in [-0.05, 0) is 30.2 Å². The molecule has 16 heavy (non-hydrogen) atoms. The third-order valence-electron chi connectivity index (χ3n) is 2.26. The summed E-state index contributed by atoms with van der Waals surface area (Å²) in [6.45, 7) is 3.41. The smallest absolute Gasteiger partial charge is 0.337 e. The van der Waals surface area contributed by atoms with Crippen molar-refractivity contribution in [1.29, 1.82) is 0 Å². The first-order chi connectivity index (χ1) is 7.67. The highest BCUT2D eigenvalue weighted by molar-refractivity contribution is 5.90. The minimum atomic E-state index is -0.353. The predicted octanol–water partition coefficient (Wildman–Crippen LogP) is 2.16. The van der Waals surface area contributed by atoms with Gasteiger partial charge < -0.3 is 4.74 Å². The molecule has 0 radical (unpaired) electrons. The number of hydrogen-bond donors (Lipinski definition) is 0. The lowest BCUT2D eigenvalue weighted by atomic mass is 10.1. The number of carbonyl (C=O) groups is 2. The van der Waals surface area contributed by atoms with Crippen molar-refractivity contribution in [1.82, 2.24) is 0 Å². The number of aryl methyl sites for hydroxylation is 1. The van der Waals surface area contributed by atoms with Crippen molar-refractivity contribution in [2.75, 3.05) is 7.11 Å². The quantitative estimate of drug-likeness (QED) is 0.562. The molecular formula is C13H14O3. The molecule has 0 aliphatic rings. The van der Waals surface area contributed by atoms with Crippen molar-refractivity contribution in [2.45, 2.75) is 12.8 Å². The van der Waals surface area contributed by atoms with E-state index >= 15 is 0 Å². The molecule has 0 aromatic heterocycles. The van der Waals surface area contributed by atoms with Gasteiger partial charge in [0.2, 0.25) is 0 Å². The van der Waals surface area contributed by atoms with Crippen molar-refractivity contribution in [3.63, 3.8) is 0 Å². The maximum Gasteiger partial charge on any atom is 0.337 e. The van der Waals surface area contributed by atoms with Gasteiger partial charge in [-0.1, -0.05) is 18.7 Å². The third kappa shape index (κ3) is 3.35. The summed E-state index contributed by atoms with van der Waals surface area (Å²) < 4.78 is 4.59. The predicted molar refractivity (Wildman–Crippen MR) is 61.3 cm³/mol. The van der Waals surface area contributed by atoms with Crippen LogP contribution in [-0.4, -0.2) is 18.9 Å².